The van der Waals surface area contributed by atoms with Crippen molar-refractivity contribution in [1.29, 1.82) is 0 Å². The zero-order valence-electron chi connectivity index (χ0n) is 11.9. The molecular formula is C14H19ClN2O3S. The Morgan fingerprint density at radius 1 is 1.33 bits per heavy atom. The van der Waals surface area contributed by atoms with Crippen LogP contribution in [0, 0.1) is 0 Å². The van der Waals surface area contributed by atoms with Gasteiger partial charge >= 0.3 is 0 Å². The topological polar surface area (TPSA) is 66.5 Å². The number of halogens is 1. The summed E-state index contributed by atoms with van der Waals surface area (Å²) in [4.78, 5) is 14.1. The van der Waals surface area contributed by atoms with Crippen LogP contribution >= 0.6 is 11.6 Å². The molecule has 1 aromatic carbocycles. The number of rotatable bonds is 5. The highest BCUT2D eigenvalue weighted by molar-refractivity contribution is 7.90. The molecule has 0 aromatic heterocycles. The Hall–Kier alpha value is -1.27. The van der Waals surface area contributed by atoms with Crippen molar-refractivity contribution in [3.05, 3.63) is 28.8 Å². The van der Waals surface area contributed by atoms with E-state index < -0.39 is 9.84 Å². The molecule has 0 spiro atoms. The SMILES string of the molecule is CS(=O)(=O)CCNC(=O)c1ccc(N2CCCC2)c(Cl)c1. The van der Waals surface area contributed by atoms with Gasteiger partial charge in [0.05, 0.1) is 16.5 Å². The number of hydrogen-bond donors (Lipinski definition) is 1. The second kappa shape index (κ2) is 6.66. The van der Waals surface area contributed by atoms with Crippen LogP contribution < -0.4 is 10.2 Å². The molecule has 0 saturated carbocycles. The minimum absolute atomic E-state index is 0.0711. The van der Waals surface area contributed by atoms with Gasteiger partial charge in [0.2, 0.25) is 0 Å². The molecule has 1 N–H and O–H groups in total. The van der Waals surface area contributed by atoms with E-state index in [2.05, 4.69) is 10.2 Å². The molecule has 5 nitrogen and oxygen atoms in total. The van der Waals surface area contributed by atoms with Crippen LogP contribution in [-0.4, -0.2) is 46.0 Å². The van der Waals surface area contributed by atoms with Crippen molar-refractivity contribution in [2.24, 2.45) is 0 Å². The quantitative estimate of drug-likeness (QED) is 0.892. The zero-order chi connectivity index (χ0) is 15.5. The van der Waals surface area contributed by atoms with Crippen LogP contribution in [0.5, 0.6) is 0 Å². The summed E-state index contributed by atoms with van der Waals surface area (Å²) >= 11 is 6.24. The minimum atomic E-state index is -3.08. The van der Waals surface area contributed by atoms with Crippen molar-refractivity contribution in [1.82, 2.24) is 5.32 Å². The van der Waals surface area contributed by atoms with Crippen LogP contribution in [0.3, 0.4) is 0 Å². The minimum Gasteiger partial charge on any atom is -0.370 e. The average molecular weight is 331 g/mol. The van der Waals surface area contributed by atoms with Crippen molar-refractivity contribution in [2.45, 2.75) is 12.8 Å². The van der Waals surface area contributed by atoms with E-state index in [-0.39, 0.29) is 18.2 Å². The molecule has 1 aliphatic heterocycles. The van der Waals surface area contributed by atoms with Gasteiger partial charge in [-0.25, -0.2) is 8.42 Å². The molecular weight excluding hydrogens is 312 g/mol. The standard InChI is InChI=1S/C14H19ClN2O3S/c1-21(19,20)9-6-16-14(18)11-4-5-13(12(15)10-11)17-7-2-3-8-17/h4-5,10H,2-3,6-9H2,1H3,(H,16,18). The van der Waals surface area contributed by atoms with Gasteiger partial charge in [-0.2, -0.15) is 0 Å². The summed E-state index contributed by atoms with van der Waals surface area (Å²) in [6, 6.07) is 5.19. The third-order valence-corrected chi connectivity index (χ3v) is 4.66. The van der Waals surface area contributed by atoms with Crippen molar-refractivity contribution in [3.8, 4) is 0 Å². The van der Waals surface area contributed by atoms with Crippen molar-refractivity contribution in [2.75, 3.05) is 36.5 Å². The van der Waals surface area contributed by atoms with Crippen LogP contribution in [0.4, 0.5) is 5.69 Å². The lowest BCUT2D eigenvalue weighted by molar-refractivity contribution is 0.0956. The fourth-order valence-corrected chi connectivity index (χ4v) is 3.09. The van der Waals surface area contributed by atoms with E-state index in [4.69, 9.17) is 11.6 Å². The van der Waals surface area contributed by atoms with Gasteiger partial charge in [-0.05, 0) is 31.0 Å². The average Bonchev–Trinajstić information content (AvgIpc) is 2.90. The number of benzene rings is 1. The van der Waals surface area contributed by atoms with Gasteiger partial charge < -0.3 is 10.2 Å². The van der Waals surface area contributed by atoms with E-state index in [1.165, 1.54) is 0 Å². The molecule has 1 heterocycles. The molecule has 2 rings (SSSR count). The molecule has 0 bridgehead atoms. The van der Waals surface area contributed by atoms with E-state index in [0.29, 0.717) is 10.6 Å². The maximum atomic E-state index is 11.9. The summed E-state index contributed by atoms with van der Waals surface area (Å²) in [5.74, 6) is -0.383. The Morgan fingerprint density at radius 2 is 2.00 bits per heavy atom. The van der Waals surface area contributed by atoms with E-state index in [0.717, 1.165) is 37.9 Å². The Bertz CT molecular complexity index is 625. The second-order valence-electron chi connectivity index (χ2n) is 5.25. The van der Waals surface area contributed by atoms with Gasteiger partial charge in [-0.1, -0.05) is 11.6 Å². The predicted octanol–water partition coefficient (Wildman–Crippen LogP) is 1.71. The smallest absolute Gasteiger partial charge is 0.251 e. The second-order valence-corrected chi connectivity index (χ2v) is 7.91. The van der Waals surface area contributed by atoms with E-state index in [9.17, 15) is 13.2 Å². The van der Waals surface area contributed by atoms with Gasteiger partial charge in [0.1, 0.15) is 9.84 Å². The number of nitrogens with zero attached hydrogens (tertiary/aromatic N) is 1. The third kappa shape index (κ3) is 4.61. The lowest BCUT2D eigenvalue weighted by Crippen LogP contribution is -2.28. The molecule has 0 radical (unpaired) electrons. The van der Waals surface area contributed by atoms with Crippen molar-refractivity contribution in [3.63, 3.8) is 0 Å². The Balaban J connectivity index is 2.00. The Morgan fingerprint density at radius 3 is 2.57 bits per heavy atom. The maximum Gasteiger partial charge on any atom is 0.251 e. The molecule has 0 aliphatic carbocycles. The fourth-order valence-electron chi connectivity index (χ4n) is 2.31. The molecule has 21 heavy (non-hydrogen) atoms. The van der Waals surface area contributed by atoms with Crippen molar-refractivity contribution >= 4 is 33.0 Å². The number of carbonyl (C=O) groups excluding carboxylic acids is 1. The summed E-state index contributed by atoms with van der Waals surface area (Å²) in [7, 11) is -3.08. The number of hydrogen-bond acceptors (Lipinski definition) is 4. The van der Waals surface area contributed by atoms with Gasteiger partial charge in [0.25, 0.3) is 5.91 Å². The maximum absolute atomic E-state index is 11.9. The highest BCUT2D eigenvalue weighted by Gasteiger charge is 2.16. The number of sulfone groups is 1. The lowest BCUT2D eigenvalue weighted by atomic mass is 10.2. The molecule has 116 valence electrons. The predicted molar refractivity (Wildman–Crippen MR) is 84.9 cm³/mol. The Labute approximate surface area is 130 Å². The Kier molecular flexibility index (Phi) is 5.11. The van der Waals surface area contributed by atoms with E-state index in [1.807, 2.05) is 6.07 Å². The first kappa shape index (κ1) is 16.1. The van der Waals surface area contributed by atoms with Crippen LogP contribution in [0.25, 0.3) is 0 Å². The monoisotopic (exact) mass is 330 g/mol. The molecule has 7 heteroatoms. The summed E-state index contributed by atoms with van der Waals surface area (Å²) < 4.78 is 22.0. The van der Waals surface area contributed by atoms with Crippen molar-refractivity contribution < 1.29 is 13.2 Å². The summed E-state index contributed by atoms with van der Waals surface area (Å²) in [6.07, 6.45) is 3.45. The highest BCUT2D eigenvalue weighted by Crippen LogP contribution is 2.29. The zero-order valence-corrected chi connectivity index (χ0v) is 13.5. The molecule has 1 aromatic rings. The van der Waals surface area contributed by atoms with E-state index in [1.54, 1.807) is 12.1 Å². The fraction of sp³-hybridized carbons (Fsp3) is 0.500. The normalized spacial score (nSPS) is 15.2. The van der Waals surface area contributed by atoms with Crippen LogP contribution in [0.2, 0.25) is 5.02 Å². The molecule has 1 aliphatic rings. The lowest BCUT2D eigenvalue weighted by Gasteiger charge is -2.19. The summed E-state index contributed by atoms with van der Waals surface area (Å²) in [5, 5.41) is 3.13. The van der Waals surface area contributed by atoms with Crippen LogP contribution in [0.15, 0.2) is 18.2 Å². The molecule has 1 fully saturated rings. The summed E-state index contributed by atoms with van der Waals surface area (Å²) in [6.45, 7) is 2.07. The first-order valence-electron chi connectivity index (χ1n) is 6.87. The molecule has 0 atom stereocenters. The number of carbonyl (C=O) groups is 1. The molecule has 1 amide bonds. The van der Waals surface area contributed by atoms with E-state index >= 15 is 0 Å². The van der Waals surface area contributed by atoms with Crippen LogP contribution in [-0.2, 0) is 9.84 Å². The largest absolute Gasteiger partial charge is 0.370 e. The van der Waals surface area contributed by atoms with Gasteiger partial charge in [-0.3, -0.25) is 4.79 Å². The highest BCUT2D eigenvalue weighted by atomic mass is 35.5. The first-order valence-corrected chi connectivity index (χ1v) is 9.31. The number of nitrogens with one attached hydrogen (secondary N) is 1. The van der Waals surface area contributed by atoms with Gasteiger partial charge in [0.15, 0.2) is 0 Å². The summed E-state index contributed by atoms with van der Waals surface area (Å²) in [5.41, 5.74) is 1.39. The number of amides is 1. The van der Waals surface area contributed by atoms with Gasteiger partial charge in [0, 0.05) is 31.5 Å². The van der Waals surface area contributed by atoms with Gasteiger partial charge in [-0.15, -0.1) is 0 Å². The van der Waals surface area contributed by atoms with Crippen LogP contribution in [0.1, 0.15) is 23.2 Å². The molecule has 0 unspecified atom stereocenters. The number of anilines is 1. The first-order chi connectivity index (χ1) is 9.87. The third-order valence-electron chi connectivity index (χ3n) is 3.42. The molecule has 1 saturated heterocycles.